The van der Waals surface area contributed by atoms with E-state index in [4.69, 9.17) is 10.8 Å². The van der Waals surface area contributed by atoms with E-state index in [-0.39, 0.29) is 11.3 Å². The maximum atomic E-state index is 10.9. The first kappa shape index (κ1) is 11.7. The number of hydrogen-bond donors (Lipinski definition) is 3. The van der Waals surface area contributed by atoms with Crippen LogP contribution in [-0.4, -0.2) is 22.6 Å². The summed E-state index contributed by atoms with van der Waals surface area (Å²) in [5.41, 5.74) is 6.38. The Bertz CT molecular complexity index is 441. The van der Waals surface area contributed by atoms with E-state index in [2.05, 4.69) is 17.2 Å². The molecule has 0 bridgehead atoms. The van der Waals surface area contributed by atoms with Gasteiger partial charge >= 0.3 is 5.97 Å². The smallest absolute Gasteiger partial charge is 0.337 e. The summed E-state index contributed by atoms with van der Waals surface area (Å²) in [5, 5.41) is 12.1. The number of hydrogen-bond acceptors (Lipinski definition) is 4. The number of carboxylic acid groups (broad SMARTS) is 1. The van der Waals surface area contributed by atoms with Crippen LogP contribution in [0, 0.1) is 5.41 Å². The summed E-state index contributed by atoms with van der Waals surface area (Å²) in [5.74, 6) is -0.555. The molecule has 92 valence electrons. The number of aromatic nitrogens is 1. The molecule has 4 N–H and O–H groups in total. The molecule has 2 rings (SSSR count). The van der Waals surface area contributed by atoms with Crippen LogP contribution < -0.4 is 11.1 Å². The summed E-state index contributed by atoms with van der Waals surface area (Å²) in [7, 11) is 0. The van der Waals surface area contributed by atoms with Gasteiger partial charge in [0, 0.05) is 12.7 Å². The summed E-state index contributed by atoms with van der Waals surface area (Å²) >= 11 is 0. The van der Waals surface area contributed by atoms with Crippen LogP contribution in [0.25, 0.3) is 0 Å². The van der Waals surface area contributed by atoms with Gasteiger partial charge in [-0.25, -0.2) is 9.78 Å². The van der Waals surface area contributed by atoms with Gasteiger partial charge in [-0.15, -0.1) is 0 Å². The monoisotopic (exact) mass is 235 g/mol. The molecule has 0 unspecified atom stereocenters. The standard InChI is InChI=1S/C12H17N3O2/c1-12(4-2-5-12)7-15-10-9(13)8(11(16)17)3-6-14-10/h3,6H,2,4-5,7,13H2,1H3,(H,14,15)(H,16,17). The maximum Gasteiger partial charge on any atom is 0.337 e. The van der Waals surface area contributed by atoms with Crippen molar-refractivity contribution in [1.82, 2.24) is 4.98 Å². The molecule has 1 fully saturated rings. The fourth-order valence-corrected chi connectivity index (χ4v) is 2.05. The Morgan fingerprint density at radius 2 is 2.35 bits per heavy atom. The van der Waals surface area contributed by atoms with Gasteiger partial charge in [-0.05, 0) is 24.3 Å². The van der Waals surface area contributed by atoms with E-state index in [1.807, 2.05) is 0 Å². The lowest BCUT2D eigenvalue weighted by Gasteiger charge is -2.38. The molecule has 0 saturated heterocycles. The van der Waals surface area contributed by atoms with E-state index in [0.29, 0.717) is 11.2 Å². The molecular formula is C12H17N3O2. The molecule has 0 atom stereocenters. The summed E-state index contributed by atoms with van der Waals surface area (Å²) in [4.78, 5) is 15.0. The van der Waals surface area contributed by atoms with Crippen molar-refractivity contribution in [3.8, 4) is 0 Å². The third-order valence-corrected chi connectivity index (χ3v) is 3.46. The second kappa shape index (κ2) is 4.24. The zero-order valence-corrected chi connectivity index (χ0v) is 9.86. The minimum Gasteiger partial charge on any atom is -0.478 e. The van der Waals surface area contributed by atoms with Gasteiger partial charge in [-0.1, -0.05) is 13.3 Å². The molecule has 0 radical (unpaired) electrons. The van der Waals surface area contributed by atoms with E-state index < -0.39 is 5.97 Å². The fraction of sp³-hybridized carbons (Fsp3) is 0.500. The number of pyridine rings is 1. The van der Waals surface area contributed by atoms with E-state index in [0.717, 1.165) is 6.54 Å². The summed E-state index contributed by atoms with van der Waals surface area (Å²) in [6.45, 7) is 2.99. The highest BCUT2D eigenvalue weighted by Gasteiger charge is 2.31. The molecule has 1 aliphatic carbocycles. The average molecular weight is 235 g/mol. The van der Waals surface area contributed by atoms with Gasteiger partial charge in [0.25, 0.3) is 0 Å². The summed E-state index contributed by atoms with van der Waals surface area (Å²) in [6, 6.07) is 1.41. The molecule has 0 aliphatic heterocycles. The first-order chi connectivity index (χ1) is 8.02. The highest BCUT2D eigenvalue weighted by Crippen LogP contribution is 2.40. The van der Waals surface area contributed by atoms with Crippen LogP contribution >= 0.6 is 0 Å². The molecule has 5 heteroatoms. The van der Waals surface area contributed by atoms with E-state index in [9.17, 15) is 4.79 Å². The SMILES string of the molecule is CC1(CNc2nccc(C(=O)O)c2N)CCC1. The van der Waals surface area contributed by atoms with Gasteiger partial charge in [-0.2, -0.15) is 0 Å². The zero-order valence-electron chi connectivity index (χ0n) is 9.86. The third kappa shape index (κ3) is 2.33. The summed E-state index contributed by atoms with van der Waals surface area (Å²) < 4.78 is 0. The number of nitrogens with zero attached hydrogens (tertiary/aromatic N) is 1. The van der Waals surface area contributed by atoms with Gasteiger partial charge in [0.2, 0.25) is 0 Å². The lowest BCUT2D eigenvalue weighted by atomic mass is 9.70. The number of carboxylic acids is 1. The second-order valence-electron chi connectivity index (χ2n) is 4.94. The van der Waals surface area contributed by atoms with Gasteiger partial charge in [0.15, 0.2) is 0 Å². The zero-order chi connectivity index (χ0) is 12.5. The number of rotatable bonds is 4. The molecule has 1 saturated carbocycles. The van der Waals surface area contributed by atoms with Crippen molar-refractivity contribution in [1.29, 1.82) is 0 Å². The van der Waals surface area contributed by atoms with Crippen LogP contribution in [0.4, 0.5) is 11.5 Å². The highest BCUT2D eigenvalue weighted by molar-refractivity contribution is 5.96. The van der Waals surface area contributed by atoms with Crippen molar-refractivity contribution in [3.05, 3.63) is 17.8 Å². The van der Waals surface area contributed by atoms with Crippen molar-refractivity contribution in [2.45, 2.75) is 26.2 Å². The minimum absolute atomic E-state index is 0.0984. The van der Waals surface area contributed by atoms with Gasteiger partial charge < -0.3 is 16.2 Å². The fourth-order valence-electron chi connectivity index (χ4n) is 2.05. The second-order valence-corrected chi connectivity index (χ2v) is 4.94. The van der Waals surface area contributed by atoms with Crippen LogP contribution in [0.2, 0.25) is 0 Å². The molecule has 1 aromatic rings. The van der Waals surface area contributed by atoms with E-state index >= 15 is 0 Å². The number of carbonyl (C=O) groups is 1. The first-order valence-corrected chi connectivity index (χ1v) is 5.73. The van der Waals surface area contributed by atoms with Gasteiger partial charge in [-0.3, -0.25) is 0 Å². The molecule has 0 amide bonds. The van der Waals surface area contributed by atoms with Crippen molar-refractivity contribution in [3.63, 3.8) is 0 Å². The summed E-state index contributed by atoms with van der Waals surface area (Å²) in [6.07, 6.45) is 5.11. The molecule has 1 aromatic heterocycles. The molecule has 0 aromatic carbocycles. The Labute approximate surface area is 100 Å². The third-order valence-electron chi connectivity index (χ3n) is 3.46. The van der Waals surface area contributed by atoms with Crippen LogP contribution in [0.1, 0.15) is 36.5 Å². The lowest BCUT2D eigenvalue weighted by molar-refractivity contribution is 0.0698. The molecule has 1 aliphatic rings. The van der Waals surface area contributed by atoms with Crippen molar-refractivity contribution in [2.24, 2.45) is 5.41 Å². The van der Waals surface area contributed by atoms with Crippen LogP contribution in [0.15, 0.2) is 12.3 Å². The Morgan fingerprint density at radius 3 is 2.88 bits per heavy atom. The van der Waals surface area contributed by atoms with Crippen LogP contribution in [-0.2, 0) is 0 Å². The van der Waals surface area contributed by atoms with Gasteiger partial charge in [0.05, 0.1) is 11.3 Å². The largest absolute Gasteiger partial charge is 0.478 e. The number of aromatic carboxylic acids is 1. The molecular weight excluding hydrogens is 218 g/mol. The van der Waals surface area contributed by atoms with E-state index in [1.165, 1.54) is 31.5 Å². The normalized spacial score (nSPS) is 17.2. The maximum absolute atomic E-state index is 10.9. The predicted molar refractivity (Wildman–Crippen MR) is 66.1 cm³/mol. The van der Waals surface area contributed by atoms with Crippen molar-refractivity contribution >= 4 is 17.5 Å². The Balaban J connectivity index is 2.10. The van der Waals surface area contributed by atoms with Crippen LogP contribution in [0.5, 0.6) is 0 Å². The van der Waals surface area contributed by atoms with Crippen molar-refractivity contribution in [2.75, 3.05) is 17.6 Å². The highest BCUT2D eigenvalue weighted by atomic mass is 16.4. The topological polar surface area (TPSA) is 88.2 Å². The molecule has 1 heterocycles. The average Bonchev–Trinajstić information content (AvgIpc) is 2.25. The van der Waals surface area contributed by atoms with Crippen molar-refractivity contribution < 1.29 is 9.90 Å². The van der Waals surface area contributed by atoms with E-state index in [1.54, 1.807) is 0 Å². The number of nitrogens with two attached hydrogens (primary N) is 1. The quantitative estimate of drug-likeness (QED) is 0.742. The number of nitrogen functional groups attached to an aromatic ring is 1. The number of anilines is 2. The van der Waals surface area contributed by atoms with Gasteiger partial charge in [0.1, 0.15) is 5.82 Å². The first-order valence-electron chi connectivity index (χ1n) is 5.73. The molecule has 17 heavy (non-hydrogen) atoms. The number of nitrogens with one attached hydrogen (secondary N) is 1. The lowest BCUT2D eigenvalue weighted by Crippen LogP contribution is -2.33. The molecule has 0 spiro atoms. The minimum atomic E-state index is -1.03. The Kier molecular flexibility index (Phi) is 2.92. The molecule has 5 nitrogen and oxygen atoms in total. The van der Waals surface area contributed by atoms with Crippen LogP contribution in [0.3, 0.4) is 0 Å². The predicted octanol–water partition coefficient (Wildman–Crippen LogP) is 1.96. The Hall–Kier alpha value is -1.78. The Morgan fingerprint density at radius 1 is 1.65 bits per heavy atom.